The van der Waals surface area contributed by atoms with Crippen LogP contribution in [0.2, 0.25) is 0 Å². The number of hydrogen-bond donors (Lipinski definition) is 0. The molecule has 1 heterocycles. The van der Waals surface area contributed by atoms with Crippen LogP contribution in [0.1, 0.15) is 32.5 Å². The van der Waals surface area contributed by atoms with E-state index in [2.05, 4.69) is 28.9 Å². The summed E-state index contributed by atoms with van der Waals surface area (Å²) in [5.41, 5.74) is 0. The molecule has 0 bridgehead atoms. The molecule has 1 aromatic rings. The van der Waals surface area contributed by atoms with Gasteiger partial charge in [-0.3, -0.25) is 9.69 Å². The highest BCUT2D eigenvalue weighted by Crippen LogP contribution is 2.02. The molecular weight excluding hydrogens is 232 g/mol. The van der Waals surface area contributed by atoms with Crippen molar-refractivity contribution in [3.63, 3.8) is 0 Å². The van der Waals surface area contributed by atoms with Crippen LogP contribution in [0.25, 0.3) is 0 Å². The van der Waals surface area contributed by atoms with Crippen molar-refractivity contribution in [2.24, 2.45) is 0 Å². The molecular formula is C12H22N4O2. The maximum Gasteiger partial charge on any atom is 0.237 e. The monoisotopic (exact) mass is 254 g/mol. The highest BCUT2D eigenvalue weighted by molar-refractivity contribution is 5.78. The van der Waals surface area contributed by atoms with Crippen LogP contribution in [0, 0.1) is 6.92 Å². The Kier molecular flexibility index (Phi) is 5.77. The summed E-state index contributed by atoms with van der Waals surface area (Å²) in [4.78, 5) is 20.1. The van der Waals surface area contributed by atoms with Crippen LogP contribution in [0.4, 0.5) is 0 Å². The van der Waals surface area contributed by atoms with Gasteiger partial charge in [-0.15, -0.1) is 0 Å². The van der Waals surface area contributed by atoms with Crippen molar-refractivity contribution in [3.8, 4) is 0 Å². The Hall–Kier alpha value is -1.43. The number of rotatable bonds is 7. The summed E-state index contributed by atoms with van der Waals surface area (Å²) in [5, 5.41) is 3.81. The van der Waals surface area contributed by atoms with Gasteiger partial charge in [-0.2, -0.15) is 4.98 Å². The summed E-state index contributed by atoms with van der Waals surface area (Å²) in [6.45, 7) is 11.0. The summed E-state index contributed by atoms with van der Waals surface area (Å²) < 4.78 is 4.90. The Labute approximate surface area is 108 Å². The quantitative estimate of drug-likeness (QED) is 0.728. The number of hydrogen-bond acceptors (Lipinski definition) is 5. The van der Waals surface area contributed by atoms with E-state index < -0.39 is 0 Å². The predicted molar refractivity (Wildman–Crippen MR) is 67.9 cm³/mol. The minimum atomic E-state index is 0.101. The molecule has 0 fully saturated rings. The summed E-state index contributed by atoms with van der Waals surface area (Å²) in [7, 11) is 0. The number of likely N-dealkylation sites (N-methyl/N-ethyl adjacent to an activating group) is 2. The van der Waals surface area contributed by atoms with Crippen LogP contribution >= 0.6 is 0 Å². The van der Waals surface area contributed by atoms with Crippen LogP contribution < -0.4 is 0 Å². The van der Waals surface area contributed by atoms with Crippen molar-refractivity contribution in [2.45, 2.75) is 34.2 Å². The van der Waals surface area contributed by atoms with Gasteiger partial charge in [0.2, 0.25) is 11.8 Å². The van der Waals surface area contributed by atoms with Gasteiger partial charge in [-0.1, -0.05) is 19.0 Å². The third-order valence-electron chi connectivity index (χ3n) is 2.89. The zero-order valence-corrected chi connectivity index (χ0v) is 11.6. The largest absolute Gasteiger partial charge is 0.340 e. The fourth-order valence-corrected chi connectivity index (χ4v) is 1.69. The van der Waals surface area contributed by atoms with Gasteiger partial charge < -0.3 is 9.42 Å². The molecule has 102 valence electrons. The smallest absolute Gasteiger partial charge is 0.237 e. The molecule has 0 aromatic carbocycles. The zero-order valence-electron chi connectivity index (χ0n) is 11.6. The van der Waals surface area contributed by atoms with Crippen molar-refractivity contribution in [1.82, 2.24) is 19.9 Å². The van der Waals surface area contributed by atoms with Gasteiger partial charge in [0, 0.05) is 13.5 Å². The molecule has 1 rings (SSSR count). The molecule has 0 aliphatic carbocycles. The van der Waals surface area contributed by atoms with E-state index in [9.17, 15) is 4.79 Å². The second-order valence-electron chi connectivity index (χ2n) is 4.10. The summed E-state index contributed by atoms with van der Waals surface area (Å²) >= 11 is 0. The number of aromatic nitrogens is 2. The average molecular weight is 254 g/mol. The predicted octanol–water partition coefficient (Wildman–Crippen LogP) is 1.07. The molecule has 0 aliphatic rings. The van der Waals surface area contributed by atoms with Crippen molar-refractivity contribution in [1.29, 1.82) is 0 Å². The summed E-state index contributed by atoms with van der Waals surface area (Å²) in [6, 6.07) is 0. The van der Waals surface area contributed by atoms with Crippen molar-refractivity contribution in [3.05, 3.63) is 11.7 Å². The molecule has 0 unspecified atom stereocenters. The maximum atomic E-state index is 12.1. The molecule has 18 heavy (non-hydrogen) atoms. The number of amides is 1. The Balaban J connectivity index is 2.57. The van der Waals surface area contributed by atoms with Gasteiger partial charge in [0.1, 0.15) is 0 Å². The molecule has 6 nitrogen and oxygen atoms in total. The van der Waals surface area contributed by atoms with E-state index in [0.29, 0.717) is 31.3 Å². The molecule has 0 N–H and O–H groups in total. The molecule has 6 heteroatoms. The van der Waals surface area contributed by atoms with E-state index in [-0.39, 0.29) is 5.91 Å². The van der Waals surface area contributed by atoms with Crippen LogP contribution in [-0.4, -0.2) is 52.0 Å². The fraction of sp³-hybridized carbons (Fsp3) is 0.750. The Bertz CT molecular complexity index is 374. The first-order valence-electron chi connectivity index (χ1n) is 6.39. The molecule has 0 spiro atoms. The van der Waals surface area contributed by atoms with Crippen LogP contribution in [0.15, 0.2) is 4.52 Å². The topological polar surface area (TPSA) is 62.5 Å². The lowest BCUT2D eigenvalue weighted by atomic mass is 10.4. The normalized spacial score (nSPS) is 10.9. The molecule has 0 saturated heterocycles. The molecule has 1 amide bonds. The fourth-order valence-electron chi connectivity index (χ4n) is 1.69. The molecule has 0 saturated carbocycles. The van der Waals surface area contributed by atoms with E-state index in [1.54, 1.807) is 11.8 Å². The zero-order chi connectivity index (χ0) is 13.5. The Morgan fingerprint density at radius 1 is 1.22 bits per heavy atom. The summed E-state index contributed by atoms with van der Waals surface area (Å²) in [6.07, 6.45) is 0. The van der Waals surface area contributed by atoms with Crippen molar-refractivity contribution in [2.75, 3.05) is 26.2 Å². The van der Waals surface area contributed by atoms with Crippen LogP contribution in [0.5, 0.6) is 0 Å². The Morgan fingerprint density at radius 3 is 2.33 bits per heavy atom. The maximum absolute atomic E-state index is 12.1. The highest BCUT2D eigenvalue weighted by Gasteiger charge is 2.16. The Morgan fingerprint density at radius 2 is 1.89 bits per heavy atom. The van der Waals surface area contributed by atoms with Crippen LogP contribution in [-0.2, 0) is 11.3 Å². The molecule has 0 atom stereocenters. The van der Waals surface area contributed by atoms with E-state index in [1.807, 2.05) is 6.92 Å². The third-order valence-corrected chi connectivity index (χ3v) is 2.89. The first-order chi connectivity index (χ1) is 8.60. The van der Waals surface area contributed by atoms with Gasteiger partial charge in [0.15, 0.2) is 5.82 Å². The lowest BCUT2D eigenvalue weighted by Crippen LogP contribution is -2.40. The second kappa shape index (κ2) is 7.10. The van der Waals surface area contributed by atoms with Gasteiger partial charge in [-0.05, 0) is 20.0 Å². The van der Waals surface area contributed by atoms with Crippen molar-refractivity contribution < 1.29 is 9.32 Å². The van der Waals surface area contributed by atoms with E-state index in [1.165, 1.54) is 0 Å². The van der Waals surface area contributed by atoms with Crippen molar-refractivity contribution >= 4 is 5.91 Å². The molecule has 0 aliphatic heterocycles. The standard InChI is InChI=1S/C12H22N4O2/c1-5-15(6-2)9-12(17)16(7-3)8-11-13-10(4)18-14-11/h5-9H2,1-4H3. The van der Waals surface area contributed by atoms with E-state index in [4.69, 9.17) is 4.52 Å². The SMILES string of the molecule is CCN(CC)CC(=O)N(CC)Cc1noc(C)n1. The summed E-state index contributed by atoms with van der Waals surface area (Å²) in [5.74, 6) is 1.18. The second-order valence-corrected chi connectivity index (χ2v) is 4.10. The molecule has 1 aromatic heterocycles. The van der Waals surface area contributed by atoms with E-state index >= 15 is 0 Å². The molecule has 0 radical (unpaired) electrons. The lowest BCUT2D eigenvalue weighted by molar-refractivity contribution is -0.132. The minimum Gasteiger partial charge on any atom is -0.340 e. The first-order valence-corrected chi connectivity index (χ1v) is 6.39. The number of aryl methyl sites for hydroxylation is 1. The van der Waals surface area contributed by atoms with Gasteiger partial charge in [-0.25, -0.2) is 0 Å². The average Bonchev–Trinajstić information content (AvgIpc) is 2.78. The number of carbonyl (C=O) groups excluding carboxylic acids is 1. The number of nitrogens with zero attached hydrogens (tertiary/aromatic N) is 4. The lowest BCUT2D eigenvalue weighted by Gasteiger charge is -2.24. The van der Waals surface area contributed by atoms with Gasteiger partial charge in [0.25, 0.3) is 0 Å². The van der Waals surface area contributed by atoms with Crippen LogP contribution in [0.3, 0.4) is 0 Å². The van der Waals surface area contributed by atoms with E-state index in [0.717, 1.165) is 13.1 Å². The minimum absolute atomic E-state index is 0.101. The van der Waals surface area contributed by atoms with Gasteiger partial charge >= 0.3 is 0 Å². The first kappa shape index (κ1) is 14.6. The highest BCUT2D eigenvalue weighted by atomic mass is 16.5. The third kappa shape index (κ3) is 4.10. The number of carbonyl (C=O) groups is 1. The van der Waals surface area contributed by atoms with Gasteiger partial charge in [0.05, 0.1) is 13.1 Å².